The van der Waals surface area contributed by atoms with Gasteiger partial charge in [0.25, 0.3) is 0 Å². The van der Waals surface area contributed by atoms with Gasteiger partial charge in [-0.2, -0.15) is 13.2 Å². The number of fused-ring (bicyclic) bond motifs is 1. The highest BCUT2D eigenvalue weighted by atomic mass is 19.4. The molecule has 6 nitrogen and oxygen atoms in total. The summed E-state index contributed by atoms with van der Waals surface area (Å²) in [5.74, 6) is 2.12. The van der Waals surface area contributed by atoms with Crippen LogP contribution in [0.15, 0.2) is 66.9 Å². The first kappa shape index (κ1) is 24.0. The Balaban J connectivity index is 1.55. The molecule has 0 amide bonds. The standard InChI is InChI=1S/C26H23F3N2O4/c1-32-23-11-16(12-24(33-2)25(23)34-3)15-35-19-7-8-20-21(9-10-30-22(20)14-19)31-18-6-4-5-17(13-18)26(27,28)29/h4-14H,15H2,1-3H3,(H,30,31). The highest BCUT2D eigenvalue weighted by molar-refractivity contribution is 5.93. The van der Waals surface area contributed by atoms with Crippen LogP contribution in [-0.2, 0) is 12.8 Å². The molecule has 0 unspecified atom stereocenters. The fraction of sp³-hybridized carbons (Fsp3) is 0.192. The summed E-state index contributed by atoms with van der Waals surface area (Å²) in [6, 6.07) is 15.7. The van der Waals surface area contributed by atoms with Gasteiger partial charge >= 0.3 is 6.18 Å². The lowest BCUT2D eigenvalue weighted by molar-refractivity contribution is -0.137. The van der Waals surface area contributed by atoms with Crippen LogP contribution in [0.1, 0.15) is 11.1 Å². The molecule has 0 aliphatic rings. The molecule has 3 aromatic carbocycles. The number of alkyl halides is 3. The Hall–Kier alpha value is -4.14. The number of methoxy groups -OCH3 is 3. The highest BCUT2D eigenvalue weighted by Crippen LogP contribution is 2.38. The van der Waals surface area contributed by atoms with Crippen LogP contribution < -0.4 is 24.3 Å². The molecule has 1 N–H and O–H groups in total. The molecule has 9 heteroatoms. The maximum atomic E-state index is 13.1. The number of halogens is 3. The number of hydrogen-bond acceptors (Lipinski definition) is 6. The molecule has 0 aliphatic heterocycles. The number of nitrogens with one attached hydrogen (secondary N) is 1. The minimum absolute atomic E-state index is 0.240. The summed E-state index contributed by atoms with van der Waals surface area (Å²) in [6.45, 7) is 0.240. The molecule has 0 saturated carbocycles. The van der Waals surface area contributed by atoms with Crippen molar-refractivity contribution in [3.63, 3.8) is 0 Å². The number of pyridine rings is 1. The molecule has 0 radical (unpaired) electrons. The van der Waals surface area contributed by atoms with Gasteiger partial charge in [-0.25, -0.2) is 0 Å². The van der Waals surface area contributed by atoms with Gasteiger partial charge < -0.3 is 24.3 Å². The minimum atomic E-state index is -4.41. The molecular formula is C26H23F3N2O4. The van der Waals surface area contributed by atoms with Gasteiger partial charge in [0, 0.05) is 29.0 Å². The number of anilines is 2. The quantitative estimate of drug-likeness (QED) is 0.304. The predicted octanol–water partition coefficient (Wildman–Crippen LogP) is 6.60. The Bertz CT molecular complexity index is 1320. The van der Waals surface area contributed by atoms with Gasteiger partial charge in [-0.1, -0.05) is 6.07 Å². The van der Waals surface area contributed by atoms with Gasteiger partial charge in [0.2, 0.25) is 5.75 Å². The molecule has 0 atom stereocenters. The molecule has 1 heterocycles. The van der Waals surface area contributed by atoms with Crippen molar-refractivity contribution in [1.82, 2.24) is 4.98 Å². The fourth-order valence-electron chi connectivity index (χ4n) is 3.64. The number of rotatable bonds is 8. The van der Waals surface area contributed by atoms with E-state index in [0.717, 1.165) is 23.1 Å². The SMILES string of the molecule is COc1cc(COc2ccc3c(Nc4cccc(C(F)(F)F)c4)ccnc3c2)cc(OC)c1OC. The number of benzene rings is 3. The molecule has 4 aromatic rings. The molecule has 1 aromatic heterocycles. The smallest absolute Gasteiger partial charge is 0.416 e. The van der Waals surface area contributed by atoms with E-state index in [-0.39, 0.29) is 6.61 Å². The summed E-state index contributed by atoms with van der Waals surface area (Å²) < 4.78 is 61.2. The van der Waals surface area contributed by atoms with Crippen LogP contribution >= 0.6 is 0 Å². The molecule has 0 bridgehead atoms. The first-order valence-corrected chi connectivity index (χ1v) is 10.6. The Morgan fingerprint density at radius 3 is 2.26 bits per heavy atom. The second kappa shape index (κ2) is 10.0. The summed E-state index contributed by atoms with van der Waals surface area (Å²) in [5, 5.41) is 3.79. The van der Waals surface area contributed by atoms with E-state index in [4.69, 9.17) is 18.9 Å². The van der Waals surface area contributed by atoms with Crippen molar-refractivity contribution >= 4 is 22.3 Å². The van der Waals surface area contributed by atoms with Gasteiger partial charge in [-0.15, -0.1) is 0 Å². The van der Waals surface area contributed by atoms with Gasteiger partial charge in [0.1, 0.15) is 12.4 Å². The average Bonchev–Trinajstić information content (AvgIpc) is 2.86. The van der Waals surface area contributed by atoms with E-state index in [0.29, 0.717) is 39.9 Å². The van der Waals surface area contributed by atoms with E-state index in [9.17, 15) is 13.2 Å². The summed E-state index contributed by atoms with van der Waals surface area (Å²) in [6.07, 6.45) is -2.83. The van der Waals surface area contributed by atoms with Crippen LogP contribution in [0.5, 0.6) is 23.0 Å². The average molecular weight is 484 g/mol. The molecule has 182 valence electrons. The zero-order valence-corrected chi connectivity index (χ0v) is 19.3. The Morgan fingerprint density at radius 2 is 1.60 bits per heavy atom. The lowest BCUT2D eigenvalue weighted by Crippen LogP contribution is -2.05. The van der Waals surface area contributed by atoms with E-state index in [1.807, 2.05) is 6.07 Å². The van der Waals surface area contributed by atoms with Crippen LogP contribution in [0.25, 0.3) is 10.9 Å². The van der Waals surface area contributed by atoms with Crippen LogP contribution in [0.2, 0.25) is 0 Å². The molecule has 4 rings (SSSR count). The maximum absolute atomic E-state index is 13.1. The lowest BCUT2D eigenvalue weighted by atomic mass is 10.1. The van der Waals surface area contributed by atoms with Crippen molar-refractivity contribution in [3.8, 4) is 23.0 Å². The van der Waals surface area contributed by atoms with Gasteiger partial charge in [-0.3, -0.25) is 4.98 Å². The number of hydrogen-bond donors (Lipinski definition) is 1. The molecular weight excluding hydrogens is 461 g/mol. The summed E-state index contributed by atoms with van der Waals surface area (Å²) in [4.78, 5) is 4.38. The highest BCUT2D eigenvalue weighted by Gasteiger charge is 2.30. The summed E-state index contributed by atoms with van der Waals surface area (Å²) >= 11 is 0. The van der Waals surface area contributed by atoms with Crippen molar-refractivity contribution < 1.29 is 32.1 Å². The fourth-order valence-corrected chi connectivity index (χ4v) is 3.64. The zero-order chi connectivity index (χ0) is 25.0. The van der Waals surface area contributed by atoms with Gasteiger partial charge in [0.05, 0.1) is 32.4 Å². The topological polar surface area (TPSA) is 61.8 Å². The van der Waals surface area contributed by atoms with Crippen molar-refractivity contribution in [1.29, 1.82) is 0 Å². The van der Waals surface area contributed by atoms with Crippen molar-refractivity contribution in [2.75, 3.05) is 26.6 Å². The first-order valence-electron chi connectivity index (χ1n) is 10.6. The lowest BCUT2D eigenvalue weighted by Gasteiger charge is -2.15. The second-order valence-corrected chi connectivity index (χ2v) is 7.56. The largest absolute Gasteiger partial charge is 0.493 e. The van der Waals surface area contributed by atoms with Gasteiger partial charge in [0.15, 0.2) is 11.5 Å². The number of ether oxygens (including phenoxy) is 4. The van der Waals surface area contributed by atoms with E-state index in [1.54, 1.807) is 56.8 Å². The normalized spacial score (nSPS) is 11.3. The second-order valence-electron chi connectivity index (χ2n) is 7.56. The van der Waals surface area contributed by atoms with E-state index < -0.39 is 11.7 Å². The maximum Gasteiger partial charge on any atom is 0.416 e. The van der Waals surface area contributed by atoms with Crippen molar-refractivity contribution in [2.24, 2.45) is 0 Å². The Labute approximate surface area is 200 Å². The van der Waals surface area contributed by atoms with E-state index >= 15 is 0 Å². The van der Waals surface area contributed by atoms with Crippen LogP contribution in [-0.4, -0.2) is 26.3 Å². The van der Waals surface area contributed by atoms with Crippen molar-refractivity contribution in [3.05, 3.63) is 78.0 Å². The van der Waals surface area contributed by atoms with E-state index in [1.165, 1.54) is 13.2 Å². The predicted molar refractivity (Wildman–Crippen MR) is 127 cm³/mol. The Morgan fingerprint density at radius 1 is 0.857 bits per heavy atom. The minimum Gasteiger partial charge on any atom is -0.493 e. The third-order valence-electron chi connectivity index (χ3n) is 5.31. The first-order chi connectivity index (χ1) is 16.8. The molecule has 0 aliphatic carbocycles. The monoisotopic (exact) mass is 484 g/mol. The zero-order valence-electron chi connectivity index (χ0n) is 19.3. The van der Waals surface area contributed by atoms with Gasteiger partial charge in [-0.05, 0) is 54.1 Å². The molecule has 0 spiro atoms. The number of nitrogens with zero attached hydrogens (tertiary/aromatic N) is 1. The van der Waals surface area contributed by atoms with Crippen LogP contribution in [0.3, 0.4) is 0 Å². The summed E-state index contributed by atoms with van der Waals surface area (Å²) in [7, 11) is 4.62. The molecule has 0 fully saturated rings. The molecule has 0 saturated heterocycles. The Kier molecular flexibility index (Phi) is 6.86. The van der Waals surface area contributed by atoms with Crippen molar-refractivity contribution in [2.45, 2.75) is 12.8 Å². The van der Waals surface area contributed by atoms with E-state index in [2.05, 4.69) is 10.3 Å². The van der Waals surface area contributed by atoms with Crippen LogP contribution in [0.4, 0.5) is 24.5 Å². The van der Waals surface area contributed by atoms with Crippen LogP contribution in [0, 0.1) is 0 Å². The number of aromatic nitrogens is 1. The molecule has 35 heavy (non-hydrogen) atoms. The third kappa shape index (κ3) is 5.34. The summed E-state index contributed by atoms with van der Waals surface area (Å²) in [5.41, 5.74) is 1.68. The third-order valence-corrected chi connectivity index (χ3v) is 5.31.